The first kappa shape index (κ1) is 15.9. The van der Waals surface area contributed by atoms with Crippen LogP contribution in [0.1, 0.15) is 20.7 Å². The van der Waals surface area contributed by atoms with Crippen LogP contribution in [0.15, 0.2) is 71.5 Å². The number of carbonyl (C=O) groups is 2. The minimum absolute atomic E-state index is 0.339. The smallest absolute Gasteiger partial charge is 0.267 e. The summed E-state index contributed by atoms with van der Waals surface area (Å²) in [4.78, 5) is 24.2. The van der Waals surface area contributed by atoms with Gasteiger partial charge in [-0.2, -0.15) is 5.10 Å². The highest BCUT2D eigenvalue weighted by Crippen LogP contribution is 2.15. The Hall–Kier alpha value is -2.93. The molecule has 3 aromatic rings. The van der Waals surface area contributed by atoms with Crippen LogP contribution in [-0.4, -0.2) is 21.6 Å². The third-order valence-electron chi connectivity index (χ3n) is 3.27. The number of para-hydroxylation sites is 1. The van der Waals surface area contributed by atoms with Gasteiger partial charge in [0.15, 0.2) is 0 Å². The van der Waals surface area contributed by atoms with E-state index in [-0.39, 0.29) is 0 Å². The lowest BCUT2D eigenvalue weighted by molar-refractivity contribution is 0.0846. The molecule has 1 heterocycles. The standard InChI is InChI=1S/C17H13BrN4O2/c18-15-9-5-4-8-14(15)17(24)21-20-16(23)12-10-19-22(11-12)13-6-2-1-3-7-13/h1-11H,(H,20,23)(H,21,24). The van der Waals surface area contributed by atoms with Gasteiger partial charge in [-0.1, -0.05) is 30.3 Å². The topological polar surface area (TPSA) is 76.0 Å². The van der Waals surface area contributed by atoms with E-state index in [4.69, 9.17) is 0 Å². The molecule has 0 saturated heterocycles. The summed E-state index contributed by atoms with van der Waals surface area (Å²) in [5.41, 5.74) is 6.37. The van der Waals surface area contributed by atoms with Crippen LogP contribution in [-0.2, 0) is 0 Å². The molecule has 24 heavy (non-hydrogen) atoms. The lowest BCUT2D eigenvalue weighted by atomic mass is 10.2. The molecule has 0 aliphatic carbocycles. The van der Waals surface area contributed by atoms with Crippen LogP contribution < -0.4 is 10.9 Å². The number of hydrogen-bond acceptors (Lipinski definition) is 3. The molecule has 2 N–H and O–H groups in total. The lowest BCUT2D eigenvalue weighted by Gasteiger charge is -2.07. The van der Waals surface area contributed by atoms with Crippen molar-refractivity contribution in [2.45, 2.75) is 0 Å². The Kier molecular flexibility index (Phi) is 4.72. The van der Waals surface area contributed by atoms with E-state index in [1.807, 2.05) is 30.3 Å². The minimum atomic E-state index is -0.447. The molecule has 0 fully saturated rings. The van der Waals surface area contributed by atoms with E-state index in [0.29, 0.717) is 15.6 Å². The molecule has 120 valence electrons. The van der Waals surface area contributed by atoms with E-state index in [1.54, 1.807) is 35.1 Å². The summed E-state index contributed by atoms with van der Waals surface area (Å²) >= 11 is 3.29. The summed E-state index contributed by atoms with van der Waals surface area (Å²) in [6, 6.07) is 16.4. The second kappa shape index (κ2) is 7.10. The van der Waals surface area contributed by atoms with Crippen LogP contribution in [0.4, 0.5) is 0 Å². The second-order valence-electron chi connectivity index (χ2n) is 4.90. The van der Waals surface area contributed by atoms with Crippen molar-refractivity contribution in [1.82, 2.24) is 20.6 Å². The number of nitrogens with one attached hydrogen (secondary N) is 2. The molecule has 0 aliphatic rings. The monoisotopic (exact) mass is 384 g/mol. The van der Waals surface area contributed by atoms with Gasteiger partial charge in [0.25, 0.3) is 11.8 Å². The minimum Gasteiger partial charge on any atom is -0.267 e. The van der Waals surface area contributed by atoms with Crippen molar-refractivity contribution in [3.8, 4) is 5.69 Å². The van der Waals surface area contributed by atoms with Gasteiger partial charge in [-0.25, -0.2) is 4.68 Å². The van der Waals surface area contributed by atoms with Crippen LogP contribution in [0, 0.1) is 0 Å². The SMILES string of the molecule is O=C(NNC(=O)c1ccccc1Br)c1cnn(-c2ccccc2)c1. The number of hydrogen-bond donors (Lipinski definition) is 2. The van der Waals surface area contributed by atoms with Crippen molar-refractivity contribution in [1.29, 1.82) is 0 Å². The van der Waals surface area contributed by atoms with Gasteiger partial charge in [0.1, 0.15) is 0 Å². The van der Waals surface area contributed by atoms with Gasteiger partial charge < -0.3 is 0 Å². The molecule has 0 aliphatic heterocycles. The highest BCUT2D eigenvalue weighted by atomic mass is 79.9. The molecule has 0 radical (unpaired) electrons. The first-order valence-electron chi connectivity index (χ1n) is 7.10. The van der Waals surface area contributed by atoms with Crippen molar-refractivity contribution in [2.24, 2.45) is 0 Å². The maximum Gasteiger partial charge on any atom is 0.272 e. The number of carbonyl (C=O) groups excluding carboxylic acids is 2. The Bertz CT molecular complexity index is 877. The van der Waals surface area contributed by atoms with Gasteiger partial charge in [0.05, 0.1) is 23.0 Å². The van der Waals surface area contributed by atoms with E-state index < -0.39 is 11.8 Å². The Morgan fingerprint density at radius 3 is 2.33 bits per heavy atom. The molecule has 6 nitrogen and oxygen atoms in total. The first-order chi connectivity index (χ1) is 11.6. The van der Waals surface area contributed by atoms with E-state index >= 15 is 0 Å². The quantitative estimate of drug-likeness (QED) is 0.681. The zero-order chi connectivity index (χ0) is 16.9. The number of halogens is 1. The fourth-order valence-electron chi connectivity index (χ4n) is 2.06. The Balaban J connectivity index is 1.65. The fraction of sp³-hybridized carbons (Fsp3) is 0. The predicted octanol–water partition coefficient (Wildman–Crippen LogP) is 2.71. The summed E-state index contributed by atoms with van der Waals surface area (Å²) in [6.45, 7) is 0. The molecule has 7 heteroatoms. The largest absolute Gasteiger partial charge is 0.272 e. The molecular weight excluding hydrogens is 372 g/mol. The van der Waals surface area contributed by atoms with Crippen LogP contribution >= 0.6 is 15.9 Å². The first-order valence-corrected chi connectivity index (χ1v) is 7.90. The zero-order valence-corrected chi connectivity index (χ0v) is 14.0. The van der Waals surface area contributed by atoms with Crippen molar-refractivity contribution in [2.75, 3.05) is 0 Å². The Morgan fingerprint density at radius 1 is 0.917 bits per heavy atom. The summed E-state index contributed by atoms with van der Waals surface area (Å²) in [5, 5.41) is 4.14. The summed E-state index contributed by atoms with van der Waals surface area (Å²) < 4.78 is 2.23. The molecule has 2 aromatic carbocycles. The molecule has 0 bridgehead atoms. The fourth-order valence-corrected chi connectivity index (χ4v) is 2.53. The summed E-state index contributed by atoms with van der Waals surface area (Å²) in [6.07, 6.45) is 3.03. The Morgan fingerprint density at radius 2 is 1.58 bits per heavy atom. The van der Waals surface area contributed by atoms with E-state index in [1.165, 1.54) is 6.20 Å². The number of rotatable bonds is 3. The predicted molar refractivity (Wildman–Crippen MR) is 92.6 cm³/mol. The number of aromatic nitrogens is 2. The van der Waals surface area contributed by atoms with Gasteiger partial charge >= 0.3 is 0 Å². The van der Waals surface area contributed by atoms with E-state index in [2.05, 4.69) is 31.9 Å². The molecule has 0 unspecified atom stereocenters. The number of amides is 2. The maximum absolute atomic E-state index is 12.1. The van der Waals surface area contributed by atoms with Crippen LogP contribution in [0.2, 0.25) is 0 Å². The number of benzene rings is 2. The average Bonchev–Trinajstić information content (AvgIpc) is 3.11. The molecule has 1 aromatic heterocycles. The van der Waals surface area contributed by atoms with Crippen LogP contribution in [0.3, 0.4) is 0 Å². The average molecular weight is 385 g/mol. The van der Waals surface area contributed by atoms with Gasteiger partial charge in [0, 0.05) is 10.7 Å². The van der Waals surface area contributed by atoms with Crippen LogP contribution in [0.25, 0.3) is 5.69 Å². The highest BCUT2D eigenvalue weighted by Gasteiger charge is 2.13. The van der Waals surface area contributed by atoms with Gasteiger partial charge in [0.2, 0.25) is 0 Å². The van der Waals surface area contributed by atoms with Gasteiger partial charge in [-0.3, -0.25) is 20.4 Å². The van der Waals surface area contributed by atoms with Crippen molar-refractivity contribution in [3.05, 3.63) is 82.6 Å². The molecular formula is C17H13BrN4O2. The lowest BCUT2D eigenvalue weighted by Crippen LogP contribution is -2.41. The molecule has 0 saturated carbocycles. The van der Waals surface area contributed by atoms with E-state index in [0.717, 1.165) is 5.69 Å². The van der Waals surface area contributed by atoms with Crippen molar-refractivity contribution in [3.63, 3.8) is 0 Å². The highest BCUT2D eigenvalue weighted by molar-refractivity contribution is 9.10. The van der Waals surface area contributed by atoms with Gasteiger partial charge in [-0.05, 0) is 40.2 Å². The summed E-state index contributed by atoms with van der Waals surface area (Å²) in [7, 11) is 0. The second-order valence-corrected chi connectivity index (χ2v) is 5.75. The maximum atomic E-state index is 12.1. The number of nitrogens with zero attached hydrogens (tertiary/aromatic N) is 2. The zero-order valence-electron chi connectivity index (χ0n) is 12.4. The normalized spacial score (nSPS) is 10.2. The number of hydrazine groups is 1. The summed E-state index contributed by atoms with van der Waals surface area (Å²) in [5.74, 6) is -0.858. The third-order valence-corrected chi connectivity index (χ3v) is 3.97. The molecule has 0 spiro atoms. The molecule has 0 atom stereocenters. The van der Waals surface area contributed by atoms with Crippen LogP contribution in [0.5, 0.6) is 0 Å². The van der Waals surface area contributed by atoms with Crippen molar-refractivity contribution >= 4 is 27.7 Å². The Labute approximate surface area is 146 Å². The van der Waals surface area contributed by atoms with Gasteiger partial charge in [-0.15, -0.1) is 0 Å². The third kappa shape index (κ3) is 3.52. The van der Waals surface area contributed by atoms with Crippen molar-refractivity contribution < 1.29 is 9.59 Å². The van der Waals surface area contributed by atoms with E-state index in [9.17, 15) is 9.59 Å². The molecule has 3 rings (SSSR count). The molecule has 2 amide bonds.